The summed E-state index contributed by atoms with van der Waals surface area (Å²) >= 11 is 0. The van der Waals surface area contributed by atoms with E-state index in [4.69, 9.17) is 9.47 Å². The summed E-state index contributed by atoms with van der Waals surface area (Å²) in [5.74, 6) is 1.64. The molecule has 1 amide bonds. The summed E-state index contributed by atoms with van der Waals surface area (Å²) in [6, 6.07) is 18.8. The number of para-hydroxylation sites is 1. The maximum Gasteiger partial charge on any atom is 0.243 e. The van der Waals surface area contributed by atoms with Crippen molar-refractivity contribution in [1.82, 2.24) is 4.98 Å². The maximum absolute atomic E-state index is 12.3. The summed E-state index contributed by atoms with van der Waals surface area (Å²) in [7, 11) is 0. The van der Waals surface area contributed by atoms with Crippen LogP contribution in [-0.4, -0.2) is 17.5 Å². The molecule has 0 saturated carbocycles. The highest BCUT2D eigenvalue weighted by molar-refractivity contribution is 5.92. The fourth-order valence-corrected chi connectivity index (χ4v) is 2.60. The molecule has 1 heterocycles. The highest BCUT2D eigenvalue weighted by atomic mass is 16.5. The third-order valence-electron chi connectivity index (χ3n) is 3.92. The van der Waals surface area contributed by atoms with Gasteiger partial charge in [0.15, 0.2) is 0 Å². The number of carbonyl (C=O) groups is 1. The van der Waals surface area contributed by atoms with Crippen LogP contribution in [0.3, 0.4) is 0 Å². The highest BCUT2D eigenvalue weighted by Gasteiger charge is 2.10. The second kappa shape index (κ2) is 8.85. The summed E-state index contributed by atoms with van der Waals surface area (Å²) in [5.41, 5.74) is 2.76. The van der Waals surface area contributed by atoms with Crippen molar-refractivity contribution < 1.29 is 14.3 Å². The Kier molecular flexibility index (Phi) is 6.05. The van der Waals surface area contributed by atoms with Gasteiger partial charge in [-0.05, 0) is 49.7 Å². The van der Waals surface area contributed by atoms with E-state index >= 15 is 0 Å². The van der Waals surface area contributed by atoms with Crippen molar-refractivity contribution in [3.63, 3.8) is 0 Å². The van der Waals surface area contributed by atoms with Crippen LogP contribution in [0.4, 0.5) is 5.69 Å². The predicted molar refractivity (Wildman–Crippen MR) is 105 cm³/mol. The molecule has 0 bridgehead atoms. The molecule has 0 radical (unpaired) electrons. The molecule has 3 rings (SSSR count). The largest absolute Gasteiger partial charge is 0.493 e. The number of nitrogens with zero attached hydrogens (tertiary/aromatic N) is 1. The minimum atomic E-state index is -0.161. The molecule has 1 aromatic heterocycles. The standard InChI is InChI=1S/C22H22N2O3/c1-16-10-11-20(17(2)15-16)26-14-12-21(25)24-19-9-6-13-23-22(19)27-18-7-4-3-5-8-18/h3-11,13,15H,12,14H2,1-2H3,(H,24,25). The first kappa shape index (κ1) is 18.5. The number of hydrogen-bond acceptors (Lipinski definition) is 4. The molecule has 0 aliphatic heterocycles. The number of nitrogens with one attached hydrogen (secondary N) is 1. The van der Waals surface area contributed by atoms with E-state index in [2.05, 4.69) is 16.4 Å². The fraction of sp³-hybridized carbons (Fsp3) is 0.182. The average molecular weight is 362 g/mol. The zero-order valence-corrected chi connectivity index (χ0v) is 15.4. The van der Waals surface area contributed by atoms with Crippen LogP contribution in [0, 0.1) is 13.8 Å². The first-order valence-electron chi connectivity index (χ1n) is 8.79. The molecule has 3 aromatic rings. The number of benzene rings is 2. The zero-order valence-electron chi connectivity index (χ0n) is 15.4. The molecule has 5 heteroatoms. The lowest BCUT2D eigenvalue weighted by molar-refractivity contribution is -0.116. The maximum atomic E-state index is 12.3. The van der Waals surface area contributed by atoms with Gasteiger partial charge in [-0.2, -0.15) is 0 Å². The van der Waals surface area contributed by atoms with E-state index in [9.17, 15) is 4.79 Å². The molecule has 0 unspecified atom stereocenters. The number of aryl methyl sites for hydroxylation is 2. The quantitative estimate of drug-likeness (QED) is 0.649. The van der Waals surface area contributed by atoms with E-state index in [0.717, 1.165) is 11.3 Å². The van der Waals surface area contributed by atoms with Gasteiger partial charge < -0.3 is 14.8 Å². The highest BCUT2D eigenvalue weighted by Crippen LogP contribution is 2.26. The number of rotatable bonds is 7. The van der Waals surface area contributed by atoms with E-state index in [-0.39, 0.29) is 12.3 Å². The van der Waals surface area contributed by atoms with Gasteiger partial charge in [0.2, 0.25) is 11.8 Å². The molecular weight excluding hydrogens is 340 g/mol. The van der Waals surface area contributed by atoms with Crippen LogP contribution < -0.4 is 14.8 Å². The topological polar surface area (TPSA) is 60.5 Å². The van der Waals surface area contributed by atoms with Crippen LogP contribution in [0.2, 0.25) is 0 Å². The van der Waals surface area contributed by atoms with Crippen LogP contribution in [0.15, 0.2) is 66.9 Å². The van der Waals surface area contributed by atoms with Gasteiger partial charge in [0, 0.05) is 6.20 Å². The molecule has 2 aromatic carbocycles. The van der Waals surface area contributed by atoms with Gasteiger partial charge in [0.25, 0.3) is 0 Å². The molecular formula is C22H22N2O3. The van der Waals surface area contributed by atoms with Gasteiger partial charge in [0.1, 0.15) is 17.2 Å². The molecule has 1 N–H and O–H groups in total. The number of carbonyl (C=O) groups excluding carboxylic acids is 1. The van der Waals surface area contributed by atoms with Crippen LogP contribution in [0.25, 0.3) is 0 Å². The third-order valence-corrected chi connectivity index (χ3v) is 3.92. The molecule has 0 aliphatic rings. The van der Waals surface area contributed by atoms with Gasteiger partial charge >= 0.3 is 0 Å². The molecule has 138 valence electrons. The summed E-state index contributed by atoms with van der Waals surface area (Å²) < 4.78 is 11.5. The zero-order chi connectivity index (χ0) is 19.1. The van der Waals surface area contributed by atoms with E-state index in [1.54, 1.807) is 18.3 Å². The number of pyridine rings is 1. The number of amides is 1. The molecule has 0 saturated heterocycles. The first-order valence-corrected chi connectivity index (χ1v) is 8.79. The van der Waals surface area contributed by atoms with Gasteiger partial charge in [-0.1, -0.05) is 35.9 Å². The molecule has 0 fully saturated rings. The summed E-state index contributed by atoms with van der Waals surface area (Å²) in [5, 5.41) is 2.83. The Morgan fingerprint density at radius 1 is 1.04 bits per heavy atom. The van der Waals surface area contributed by atoms with Crippen LogP contribution in [0.5, 0.6) is 17.4 Å². The average Bonchev–Trinajstić information content (AvgIpc) is 2.66. The molecule has 5 nitrogen and oxygen atoms in total. The molecule has 0 spiro atoms. The van der Waals surface area contributed by atoms with Crippen LogP contribution in [-0.2, 0) is 4.79 Å². The first-order chi connectivity index (χ1) is 13.1. The van der Waals surface area contributed by atoms with Gasteiger partial charge in [-0.3, -0.25) is 4.79 Å². The second-order valence-electron chi connectivity index (χ2n) is 6.19. The van der Waals surface area contributed by atoms with Gasteiger partial charge in [-0.25, -0.2) is 4.98 Å². The van der Waals surface area contributed by atoms with Crippen molar-refractivity contribution in [1.29, 1.82) is 0 Å². The van der Waals surface area contributed by atoms with Crippen LogP contribution in [0.1, 0.15) is 17.5 Å². The number of anilines is 1. The number of aromatic nitrogens is 1. The van der Waals surface area contributed by atoms with Crippen molar-refractivity contribution in [2.45, 2.75) is 20.3 Å². The second-order valence-corrected chi connectivity index (χ2v) is 6.19. The van der Waals surface area contributed by atoms with Crippen molar-refractivity contribution in [3.8, 4) is 17.4 Å². The van der Waals surface area contributed by atoms with E-state index in [1.807, 2.05) is 56.3 Å². The Bertz CT molecular complexity index is 910. The summed E-state index contributed by atoms with van der Waals surface area (Å²) in [6.45, 7) is 4.32. The van der Waals surface area contributed by atoms with Crippen molar-refractivity contribution in [2.75, 3.05) is 11.9 Å². The Labute approximate surface area is 159 Å². The Morgan fingerprint density at radius 2 is 1.85 bits per heavy atom. The van der Waals surface area contributed by atoms with Gasteiger partial charge in [-0.15, -0.1) is 0 Å². The number of hydrogen-bond donors (Lipinski definition) is 1. The third kappa shape index (κ3) is 5.31. The molecule has 0 atom stereocenters. The Morgan fingerprint density at radius 3 is 2.63 bits per heavy atom. The molecule has 0 aliphatic carbocycles. The minimum absolute atomic E-state index is 0.161. The summed E-state index contributed by atoms with van der Waals surface area (Å²) in [6.07, 6.45) is 1.85. The van der Waals surface area contributed by atoms with Crippen molar-refractivity contribution in [3.05, 3.63) is 78.0 Å². The lowest BCUT2D eigenvalue weighted by atomic mass is 10.1. The Hall–Kier alpha value is -3.34. The van der Waals surface area contributed by atoms with E-state index in [1.165, 1.54) is 5.56 Å². The monoisotopic (exact) mass is 362 g/mol. The smallest absolute Gasteiger partial charge is 0.243 e. The minimum Gasteiger partial charge on any atom is -0.493 e. The predicted octanol–water partition coefficient (Wildman–Crippen LogP) is 4.90. The Balaban J connectivity index is 1.56. The normalized spacial score (nSPS) is 10.3. The van der Waals surface area contributed by atoms with E-state index in [0.29, 0.717) is 23.9 Å². The fourth-order valence-electron chi connectivity index (χ4n) is 2.60. The molecule has 27 heavy (non-hydrogen) atoms. The lowest BCUT2D eigenvalue weighted by Crippen LogP contribution is -2.16. The summed E-state index contributed by atoms with van der Waals surface area (Å²) in [4.78, 5) is 16.5. The SMILES string of the molecule is Cc1ccc(OCCC(=O)Nc2cccnc2Oc2ccccc2)c(C)c1. The van der Waals surface area contributed by atoms with Crippen molar-refractivity contribution in [2.24, 2.45) is 0 Å². The lowest BCUT2D eigenvalue weighted by Gasteiger charge is -2.12. The van der Waals surface area contributed by atoms with E-state index < -0.39 is 0 Å². The van der Waals surface area contributed by atoms with Crippen molar-refractivity contribution >= 4 is 11.6 Å². The van der Waals surface area contributed by atoms with Gasteiger partial charge in [0.05, 0.1) is 13.0 Å². The van der Waals surface area contributed by atoms with Crippen LogP contribution >= 0.6 is 0 Å². The number of ether oxygens (including phenoxy) is 2.